The second-order valence-electron chi connectivity index (χ2n) is 10.8. The van der Waals surface area contributed by atoms with Gasteiger partial charge in [-0.1, -0.05) is 59.1 Å². The predicted molar refractivity (Wildman–Crippen MR) is 143 cm³/mol. The summed E-state index contributed by atoms with van der Waals surface area (Å²) in [7, 11) is 0. The molecule has 8 nitrogen and oxygen atoms in total. The average Bonchev–Trinajstić information content (AvgIpc) is 2.76. The van der Waals surface area contributed by atoms with E-state index in [9.17, 15) is 19.5 Å². The molecule has 0 bridgehead atoms. The molecule has 8 heteroatoms. The van der Waals surface area contributed by atoms with E-state index in [-0.39, 0.29) is 29.5 Å². The number of phenols is 1. The lowest BCUT2D eigenvalue weighted by molar-refractivity contribution is -0.143. The molecule has 0 aliphatic rings. The number of phenolic OH excluding ortho intramolecular Hbond substituents is 1. The Bertz CT molecular complexity index is 833. The third kappa shape index (κ3) is 10.5. The highest BCUT2D eigenvalue weighted by atomic mass is 16.6. The van der Waals surface area contributed by atoms with Crippen LogP contribution < -0.4 is 10.6 Å². The van der Waals surface area contributed by atoms with Gasteiger partial charge in [-0.15, -0.1) is 0 Å². The van der Waals surface area contributed by atoms with Crippen molar-refractivity contribution in [1.82, 2.24) is 15.5 Å². The molecule has 0 aromatic heterocycles. The number of alkyl carbamates (subject to hydrolysis) is 1. The topological polar surface area (TPSA) is 108 Å². The molecular formula is C28H47N3O5. The molecule has 36 heavy (non-hydrogen) atoms. The Morgan fingerprint density at radius 3 is 2.08 bits per heavy atom. The second-order valence-corrected chi connectivity index (χ2v) is 10.8. The second kappa shape index (κ2) is 14.7. The molecule has 0 aliphatic heterocycles. The van der Waals surface area contributed by atoms with Crippen molar-refractivity contribution >= 4 is 17.9 Å². The summed E-state index contributed by atoms with van der Waals surface area (Å²) in [6.07, 6.45) is 3.62. The number of hydrogen-bond donors (Lipinski definition) is 3. The van der Waals surface area contributed by atoms with Crippen LogP contribution in [0.5, 0.6) is 5.75 Å². The van der Waals surface area contributed by atoms with Crippen LogP contribution in [-0.2, 0) is 14.3 Å². The SMILES string of the molecule is CCCCCN(C(=O)C(NC(=O)OC(C)(C)C)C(C)C)C(C(=O)NC(C)CCC)c1ccc(O)cc1. The molecule has 204 valence electrons. The van der Waals surface area contributed by atoms with E-state index in [0.29, 0.717) is 18.5 Å². The van der Waals surface area contributed by atoms with Crippen LogP contribution in [0.25, 0.3) is 0 Å². The van der Waals surface area contributed by atoms with E-state index in [1.807, 2.05) is 20.8 Å². The number of amides is 3. The lowest BCUT2D eigenvalue weighted by Gasteiger charge is -2.36. The van der Waals surface area contributed by atoms with Crippen molar-refractivity contribution in [3.63, 3.8) is 0 Å². The van der Waals surface area contributed by atoms with E-state index in [2.05, 4.69) is 24.5 Å². The smallest absolute Gasteiger partial charge is 0.408 e. The number of hydrogen-bond acceptors (Lipinski definition) is 5. The number of carbonyl (C=O) groups is 3. The van der Waals surface area contributed by atoms with Crippen molar-refractivity contribution in [3.8, 4) is 5.75 Å². The number of nitrogens with zero attached hydrogens (tertiary/aromatic N) is 1. The summed E-state index contributed by atoms with van der Waals surface area (Å²) in [5.41, 5.74) is -0.113. The molecule has 1 rings (SSSR count). The first-order chi connectivity index (χ1) is 16.8. The van der Waals surface area contributed by atoms with Gasteiger partial charge >= 0.3 is 6.09 Å². The lowest BCUT2D eigenvalue weighted by Crippen LogP contribution is -2.55. The first-order valence-corrected chi connectivity index (χ1v) is 13.2. The molecule has 0 saturated carbocycles. The van der Waals surface area contributed by atoms with Crippen LogP contribution in [0.1, 0.15) is 99.1 Å². The van der Waals surface area contributed by atoms with E-state index in [0.717, 1.165) is 25.7 Å². The molecule has 0 spiro atoms. The minimum absolute atomic E-state index is 0.0597. The van der Waals surface area contributed by atoms with Crippen molar-refractivity contribution in [1.29, 1.82) is 0 Å². The minimum atomic E-state index is -0.907. The Labute approximate surface area is 217 Å². The number of rotatable bonds is 13. The van der Waals surface area contributed by atoms with Gasteiger partial charge in [0.15, 0.2) is 0 Å². The van der Waals surface area contributed by atoms with E-state index < -0.39 is 23.8 Å². The van der Waals surface area contributed by atoms with Crippen molar-refractivity contribution in [2.24, 2.45) is 5.92 Å². The van der Waals surface area contributed by atoms with Gasteiger partial charge in [0.05, 0.1) is 0 Å². The van der Waals surface area contributed by atoms with Crippen LogP contribution in [-0.4, -0.2) is 52.1 Å². The first kappa shape index (κ1) is 31.3. The normalized spacial score (nSPS) is 14.0. The number of benzene rings is 1. The summed E-state index contributed by atoms with van der Waals surface area (Å²) in [5.74, 6) is -0.788. The van der Waals surface area contributed by atoms with Crippen molar-refractivity contribution in [3.05, 3.63) is 29.8 Å². The van der Waals surface area contributed by atoms with E-state index >= 15 is 0 Å². The van der Waals surface area contributed by atoms with Crippen LogP contribution in [0.3, 0.4) is 0 Å². The zero-order valence-corrected chi connectivity index (χ0v) is 23.4. The van der Waals surface area contributed by atoms with Crippen LogP contribution in [0.15, 0.2) is 24.3 Å². The summed E-state index contributed by atoms with van der Waals surface area (Å²) in [4.78, 5) is 41.8. The maximum Gasteiger partial charge on any atom is 0.408 e. The van der Waals surface area contributed by atoms with Gasteiger partial charge in [0.2, 0.25) is 11.8 Å². The Morgan fingerprint density at radius 2 is 1.58 bits per heavy atom. The molecule has 3 unspecified atom stereocenters. The Hall–Kier alpha value is -2.77. The predicted octanol–water partition coefficient (Wildman–Crippen LogP) is 5.31. The Morgan fingerprint density at radius 1 is 0.972 bits per heavy atom. The number of ether oxygens (including phenoxy) is 1. The van der Waals surface area contributed by atoms with Gasteiger partial charge in [-0.25, -0.2) is 4.79 Å². The third-order valence-corrected chi connectivity index (χ3v) is 5.77. The molecular weight excluding hydrogens is 458 g/mol. The number of nitrogens with one attached hydrogen (secondary N) is 2. The van der Waals surface area contributed by atoms with E-state index in [1.54, 1.807) is 37.8 Å². The van der Waals surface area contributed by atoms with Gasteiger partial charge in [0, 0.05) is 12.6 Å². The van der Waals surface area contributed by atoms with E-state index in [1.165, 1.54) is 12.1 Å². The summed E-state index contributed by atoms with van der Waals surface area (Å²) in [6.45, 7) is 15.4. The standard InChI is InChI=1S/C28H47N3O5/c1-9-11-12-18-31(26(34)23(19(3)4)30-27(35)36-28(6,7)8)24(21-14-16-22(32)17-15-21)25(33)29-20(5)13-10-2/h14-17,19-20,23-24,32H,9-13,18H2,1-8H3,(H,29,33)(H,30,35). The molecule has 0 fully saturated rings. The third-order valence-electron chi connectivity index (χ3n) is 5.77. The molecule has 1 aromatic carbocycles. The fraction of sp³-hybridized carbons (Fsp3) is 0.679. The Balaban J connectivity index is 3.44. The van der Waals surface area contributed by atoms with E-state index in [4.69, 9.17) is 4.74 Å². The summed E-state index contributed by atoms with van der Waals surface area (Å²) < 4.78 is 5.40. The van der Waals surface area contributed by atoms with Crippen molar-refractivity contribution in [2.45, 2.75) is 111 Å². The fourth-order valence-electron chi connectivity index (χ4n) is 3.98. The summed E-state index contributed by atoms with van der Waals surface area (Å²) in [6, 6.07) is 4.51. The number of aromatic hydroxyl groups is 1. The number of carbonyl (C=O) groups excluding carboxylic acids is 3. The van der Waals surface area contributed by atoms with Crippen LogP contribution in [0, 0.1) is 5.92 Å². The molecule has 0 heterocycles. The van der Waals surface area contributed by atoms with Crippen molar-refractivity contribution < 1.29 is 24.2 Å². The monoisotopic (exact) mass is 505 g/mol. The van der Waals surface area contributed by atoms with Gasteiger partial charge in [-0.05, 0) is 64.2 Å². The molecule has 0 radical (unpaired) electrons. The van der Waals surface area contributed by atoms with Crippen molar-refractivity contribution in [2.75, 3.05) is 6.54 Å². The highest BCUT2D eigenvalue weighted by Crippen LogP contribution is 2.26. The lowest BCUT2D eigenvalue weighted by atomic mass is 9.98. The molecule has 3 N–H and O–H groups in total. The van der Waals surface area contributed by atoms with Gasteiger partial charge in [-0.3, -0.25) is 9.59 Å². The highest BCUT2D eigenvalue weighted by Gasteiger charge is 2.37. The molecule has 1 aromatic rings. The van der Waals surface area contributed by atoms with Gasteiger partial charge in [0.1, 0.15) is 23.4 Å². The molecule has 3 atom stereocenters. The average molecular weight is 506 g/mol. The summed E-state index contributed by atoms with van der Waals surface area (Å²) >= 11 is 0. The molecule has 0 saturated heterocycles. The largest absolute Gasteiger partial charge is 0.508 e. The van der Waals surface area contributed by atoms with Crippen LogP contribution >= 0.6 is 0 Å². The van der Waals surface area contributed by atoms with Crippen LogP contribution in [0.2, 0.25) is 0 Å². The zero-order valence-electron chi connectivity index (χ0n) is 23.4. The molecule has 0 aliphatic carbocycles. The Kier molecular flexibility index (Phi) is 12.8. The minimum Gasteiger partial charge on any atom is -0.508 e. The molecule has 3 amide bonds. The number of unbranched alkanes of at least 4 members (excludes halogenated alkanes) is 2. The van der Waals surface area contributed by atoms with Crippen LogP contribution in [0.4, 0.5) is 4.79 Å². The quantitative estimate of drug-likeness (QED) is 0.315. The van der Waals surface area contributed by atoms with Gasteiger partial charge < -0.3 is 25.4 Å². The summed E-state index contributed by atoms with van der Waals surface area (Å²) in [5, 5.41) is 15.6. The fourth-order valence-corrected chi connectivity index (χ4v) is 3.98. The van der Waals surface area contributed by atoms with Gasteiger partial charge in [0.25, 0.3) is 0 Å². The maximum atomic E-state index is 14.0. The maximum absolute atomic E-state index is 14.0. The highest BCUT2D eigenvalue weighted by molar-refractivity contribution is 5.92. The zero-order chi connectivity index (χ0) is 27.5. The van der Waals surface area contributed by atoms with Gasteiger partial charge in [-0.2, -0.15) is 0 Å². The first-order valence-electron chi connectivity index (χ1n) is 13.2.